The van der Waals surface area contributed by atoms with Gasteiger partial charge in [0.25, 0.3) is 0 Å². The maximum absolute atomic E-state index is 11.1. The smallest absolute Gasteiger partial charge is 0.176 e. The Balaban J connectivity index is 2.86. The van der Waals surface area contributed by atoms with Crippen molar-refractivity contribution in [3.63, 3.8) is 0 Å². The number of rotatable bonds is 3. The van der Waals surface area contributed by atoms with Gasteiger partial charge in [0.05, 0.1) is 4.90 Å². The summed E-state index contributed by atoms with van der Waals surface area (Å²) in [7, 11) is -3.13. The van der Waals surface area contributed by atoms with Gasteiger partial charge in [-0.1, -0.05) is 12.1 Å². The summed E-state index contributed by atoms with van der Waals surface area (Å²) in [6.45, 7) is 0.417. The number of nitriles is 1. The second-order valence-corrected chi connectivity index (χ2v) is 4.90. The van der Waals surface area contributed by atoms with Gasteiger partial charge in [-0.05, 0) is 17.7 Å². The molecule has 0 saturated carbocycles. The Hall–Kier alpha value is -1.54. The molecule has 4 nitrogen and oxygen atoms in total. The van der Waals surface area contributed by atoms with Crippen LogP contribution in [0.25, 0.3) is 0 Å². The number of hydrogen-bond acceptors (Lipinski definition) is 4. The van der Waals surface area contributed by atoms with Crippen molar-refractivity contribution in [2.75, 3.05) is 6.26 Å². The topological polar surface area (TPSA) is 70.0 Å². The maximum Gasteiger partial charge on any atom is 0.176 e. The first-order valence-electron chi connectivity index (χ1n) is 3.95. The normalized spacial score (nSPS) is 10.6. The van der Waals surface area contributed by atoms with Crippen molar-refractivity contribution in [1.29, 1.82) is 5.26 Å². The van der Waals surface area contributed by atoms with Crippen molar-refractivity contribution in [1.82, 2.24) is 5.32 Å². The molecule has 0 aliphatic rings. The van der Waals surface area contributed by atoms with Gasteiger partial charge >= 0.3 is 0 Å². The summed E-state index contributed by atoms with van der Waals surface area (Å²) < 4.78 is 22.2. The highest BCUT2D eigenvalue weighted by molar-refractivity contribution is 7.90. The fourth-order valence-corrected chi connectivity index (χ4v) is 1.63. The van der Waals surface area contributed by atoms with Crippen LogP contribution in [0.1, 0.15) is 5.56 Å². The van der Waals surface area contributed by atoms with Crippen LogP contribution < -0.4 is 5.32 Å². The lowest BCUT2D eigenvalue weighted by atomic mass is 10.2. The van der Waals surface area contributed by atoms with E-state index in [1.54, 1.807) is 18.3 Å². The minimum atomic E-state index is -3.13. The van der Waals surface area contributed by atoms with Crippen LogP contribution in [-0.4, -0.2) is 14.7 Å². The summed E-state index contributed by atoms with van der Waals surface area (Å²) in [5.41, 5.74) is 0.874. The van der Waals surface area contributed by atoms with Crippen LogP contribution in [0, 0.1) is 11.5 Å². The molecule has 1 N–H and O–H groups in total. The van der Waals surface area contributed by atoms with E-state index in [9.17, 15) is 8.42 Å². The maximum atomic E-state index is 11.1. The second kappa shape index (κ2) is 4.11. The van der Waals surface area contributed by atoms with E-state index in [0.29, 0.717) is 11.4 Å². The zero-order chi connectivity index (χ0) is 10.6. The molecule has 0 fully saturated rings. The van der Waals surface area contributed by atoms with E-state index in [4.69, 9.17) is 5.26 Å². The molecule has 0 heterocycles. The number of nitrogens with zero attached hydrogens (tertiary/aromatic N) is 1. The Labute approximate surface area is 83.1 Å². The quantitative estimate of drug-likeness (QED) is 0.587. The zero-order valence-corrected chi connectivity index (χ0v) is 8.50. The summed E-state index contributed by atoms with van der Waals surface area (Å²) >= 11 is 0. The fraction of sp³-hybridized carbons (Fsp3) is 0.222. The van der Waals surface area contributed by atoms with Crippen molar-refractivity contribution >= 4 is 9.84 Å². The molecule has 0 amide bonds. The largest absolute Gasteiger partial charge is 0.319 e. The van der Waals surface area contributed by atoms with E-state index in [1.165, 1.54) is 12.1 Å². The lowest BCUT2D eigenvalue weighted by Crippen LogP contribution is -2.04. The minimum Gasteiger partial charge on any atom is -0.319 e. The summed E-state index contributed by atoms with van der Waals surface area (Å²) in [5, 5.41) is 10.7. The monoisotopic (exact) mass is 210 g/mol. The van der Waals surface area contributed by atoms with Crippen molar-refractivity contribution in [3.8, 4) is 6.19 Å². The first-order valence-corrected chi connectivity index (χ1v) is 5.84. The van der Waals surface area contributed by atoms with Gasteiger partial charge in [-0.15, -0.1) is 0 Å². The molecule has 0 aromatic heterocycles. The van der Waals surface area contributed by atoms with Crippen molar-refractivity contribution in [3.05, 3.63) is 29.8 Å². The summed E-state index contributed by atoms with van der Waals surface area (Å²) in [5.74, 6) is 0. The third-order valence-corrected chi connectivity index (χ3v) is 2.85. The number of hydrogen-bond donors (Lipinski definition) is 1. The van der Waals surface area contributed by atoms with Gasteiger partial charge < -0.3 is 5.32 Å². The summed E-state index contributed by atoms with van der Waals surface area (Å²) in [6.07, 6.45) is 2.96. The predicted octanol–water partition coefficient (Wildman–Crippen LogP) is 0.661. The molecule has 0 bridgehead atoms. The van der Waals surface area contributed by atoms with Crippen LogP contribution in [-0.2, 0) is 16.4 Å². The fourth-order valence-electron chi connectivity index (χ4n) is 0.996. The molecular formula is C9H10N2O2S. The number of nitrogens with one attached hydrogen (secondary N) is 1. The molecule has 0 radical (unpaired) electrons. The molecule has 0 saturated heterocycles. The van der Waals surface area contributed by atoms with Gasteiger partial charge in [-0.3, -0.25) is 0 Å². The van der Waals surface area contributed by atoms with Gasteiger partial charge in [-0.2, -0.15) is 5.26 Å². The lowest BCUT2D eigenvalue weighted by Gasteiger charge is -2.00. The molecule has 0 aliphatic carbocycles. The Kier molecular flexibility index (Phi) is 3.10. The van der Waals surface area contributed by atoms with Crippen LogP contribution in [0.15, 0.2) is 29.2 Å². The Morgan fingerprint density at radius 2 is 1.93 bits per heavy atom. The zero-order valence-electron chi connectivity index (χ0n) is 7.69. The Bertz CT molecular complexity index is 443. The van der Waals surface area contributed by atoms with Crippen molar-refractivity contribution in [2.24, 2.45) is 0 Å². The van der Waals surface area contributed by atoms with E-state index in [2.05, 4.69) is 5.32 Å². The van der Waals surface area contributed by atoms with E-state index >= 15 is 0 Å². The van der Waals surface area contributed by atoms with Gasteiger partial charge in [-0.25, -0.2) is 8.42 Å². The molecular weight excluding hydrogens is 200 g/mol. The minimum absolute atomic E-state index is 0.290. The third kappa shape index (κ3) is 2.75. The first kappa shape index (κ1) is 10.5. The molecule has 0 unspecified atom stereocenters. The van der Waals surface area contributed by atoms with Crippen LogP contribution in [0.3, 0.4) is 0 Å². The molecule has 1 aromatic carbocycles. The molecule has 0 aliphatic heterocycles. The van der Waals surface area contributed by atoms with Gasteiger partial charge in [0.2, 0.25) is 0 Å². The first-order chi connectivity index (χ1) is 6.54. The second-order valence-electron chi connectivity index (χ2n) is 2.88. The molecule has 0 atom stereocenters. The highest BCUT2D eigenvalue weighted by Crippen LogP contribution is 2.09. The van der Waals surface area contributed by atoms with Gasteiger partial charge in [0.15, 0.2) is 16.0 Å². The average molecular weight is 210 g/mol. The SMILES string of the molecule is CS(=O)(=O)c1ccc(CNC#N)cc1. The predicted molar refractivity (Wildman–Crippen MR) is 52.0 cm³/mol. The third-order valence-electron chi connectivity index (χ3n) is 1.72. The summed E-state index contributed by atoms with van der Waals surface area (Å²) in [6, 6.07) is 6.43. The standard InChI is InChI=1S/C9H10N2O2S/c1-14(12,13)9-4-2-8(3-5-9)6-11-7-10/h2-5,11H,6H2,1H3. The molecule has 14 heavy (non-hydrogen) atoms. The molecule has 5 heteroatoms. The lowest BCUT2D eigenvalue weighted by molar-refractivity contribution is 0.602. The van der Waals surface area contributed by atoms with Crippen molar-refractivity contribution < 1.29 is 8.42 Å². The van der Waals surface area contributed by atoms with Gasteiger partial charge in [0, 0.05) is 12.8 Å². The van der Waals surface area contributed by atoms with Crippen LogP contribution in [0.2, 0.25) is 0 Å². The highest BCUT2D eigenvalue weighted by atomic mass is 32.2. The van der Waals surface area contributed by atoms with Crippen molar-refractivity contribution in [2.45, 2.75) is 11.4 Å². The van der Waals surface area contributed by atoms with E-state index < -0.39 is 9.84 Å². The van der Waals surface area contributed by atoms with Crippen LogP contribution >= 0.6 is 0 Å². The Morgan fingerprint density at radius 3 is 2.36 bits per heavy atom. The Morgan fingerprint density at radius 1 is 1.36 bits per heavy atom. The molecule has 1 aromatic rings. The molecule has 74 valence electrons. The number of benzene rings is 1. The van der Waals surface area contributed by atoms with Gasteiger partial charge in [0.1, 0.15) is 0 Å². The summed E-state index contributed by atoms with van der Waals surface area (Å²) in [4.78, 5) is 0.290. The molecule has 0 spiro atoms. The van der Waals surface area contributed by atoms with Crippen LogP contribution in [0.5, 0.6) is 0 Å². The van der Waals surface area contributed by atoms with Crippen LogP contribution in [0.4, 0.5) is 0 Å². The highest BCUT2D eigenvalue weighted by Gasteiger charge is 2.05. The number of sulfone groups is 1. The van der Waals surface area contributed by atoms with E-state index in [-0.39, 0.29) is 0 Å². The van der Waals surface area contributed by atoms with E-state index in [1.807, 2.05) is 0 Å². The average Bonchev–Trinajstić information content (AvgIpc) is 2.14. The van der Waals surface area contributed by atoms with E-state index in [0.717, 1.165) is 11.8 Å². The molecule has 1 rings (SSSR count).